The molecule has 1 heteroatoms. The van der Waals surface area contributed by atoms with Crippen molar-refractivity contribution >= 4 is 0 Å². The van der Waals surface area contributed by atoms with Gasteiger partial charge in [-0.2, -0.15) is 0 Å². The van der Waals surface area contributed by atoms with Gasteiger partial charge in [0.25, 0.3) is 0 Å². The zero-order chi connectivity index (χ0) is 14.0. The van der Waals surface area contributed by atoms with Gasteiger partial charge in [-0.05, 0) is 44.4 Å². The third-order valence-electron chi connectivity index (χ3n) is 3.98. The highest BCUT2D eigenvalue weighted by atomic mass is 14.6. The Morgan fingerprint density at radius 1 is 1.17 bits per heavy atom. The Balaban J connectivity index is 3.91. The van der Waals surface area contributed by atoms with Crippen molar-refractivity contribution in [3.8, 4) is 0 Å². The summed E-state index contributed by atoms with van der Waals surface area (Å²) < 4.78 is 0. The molecule has 0 aliphatic rings. The predicted octanol–water partition coefficient (Wildman–Crippen LogP) is 5.08. The van der Waals surface area contributed by atoms with Crippen LogP contribution < -0.4 is 5.73 Å². The number of allylic oxidation sites excluding steroid dienone is 2. The minimum atomic E-state index is 0.257. The van der Waals surface area contributed by atoms with E-state index < -0.39 is 0 Å². The Kier molecular flexibility index (Phi) is 10.0. The van der Waals surface area contributed by atoms with E-state index in [2.05, 4.69) is 52.8 Å². The predicted molar refractivity (Wildman–Crippen MR) is 83.6 cm³/mol. The van der Waals surface area contributed by atoms with Crippen molar-refractivity contribution in [1.29, 1.82) is 0 Å². The second kappa shape index (κ2) is 10.4. The lowest BCUT2D eigenvalue weighted by molar-refractivity contribution is 0.512. The molecule has 0 saturated heterocycles. The summed E-state index contributed by atoms with van der Waals surface area (Å²) in [4.78, 5) is 0. The second-order valence-electron chi connectivity index (χ2n) is 5.61. The molecule has 18 heavy (non-hydrogen) atoms. The van der Waals surface area contributed by atoms with Crippen molar-refractivity contribution in [1.82, 2.24) is 0 Å². The van der Waals surface area contributed by atoms with Crippen LogP contribution in [0.1, 0.15) is 66.7 Å². The normalized spacial score (nSPS) is 18.0. The van der Waals surface area contributed by atoms with Crippen LogP contribution in [0.25, 0.3) is 0 Å². The number of hydrogen-bond donors (Lipinski definition) is 1. The first-order valence-electron chi connectivity index (χ1n) is 7.60. The van der Waals surface area contributed by atoms with Crippen LogP contribution in [0.15, 0.2) is 23.8 Å². The van der Waals surface area contributed by atoms with Crippen molar-refractivity contribution in [3.05, 3.63) is 23.8 Å². The van der Waals surface area contributed by atoms with E-state index in [1.807, 2.05) is 0 Å². The summed E-state index contributed by atoms with van der Waals surface area (Å²) in [7, 11) is 0. The van der Waals surface area contributed by atoms with Crippen LogP contribution in [0.3, 0.4) is 0 Å². The van der Waals surface area contributed by atoms with E-state index in [1.54, 1.807) is 0 Å². The SMILES string of the molecule is CC/C=C(/C)C(C)C(N)C/C=C/CCC(C)CC. The molecule has 0 aromatic heterocycles. The van der Waals surface area contributed by atoms with Gasteiger partial charge in [0.15, 0.2) is 0 Å². The maximum absolute atomic E-state index is 6.22. The highest BCUT2D eigenvalue weighted by Gasteiger charge is 2.12. The van der Waals surface area contributed by atoms with Crippen molar-refractivity contribution < 1.29 is 0 Å². The lowest BCUT2D eigenvalue weighted by Gasteiger charge is -2.19. The zero-order valence-corrected chi connectivity index (χ0v) is 13.1. The summed E-state index contributed by atoms with van der Waals surface area (Å²) in [6, 6.07) is 0.257. The Labute approximate surface area is 115 Å². The second-order valence-corrected chi connectivity index (χ2v) is 5.61. The molecule has 2 N–H and O–H groups in total. The van der Waals surface area contributed by atoms with E-state index in [1.165, 1.54) is 24.8 Å². The molecule has 3 unspecified atom stereocenters. The Bertz CT molecular complexity index is 252. The van der Waals surface area contributed by atoms with Crippen LogP contribution >= 0.6 is 0 Å². The van der Waals surface area contributed by atoms with E-state index in [4.69, 9.17) is 5.73 Å². The molecular weight excluding hydrogens is 218 g/mol. The van der Waals surface area contributed by atoms with Gasteiger partial charge >= 0.3 is 0 Å². The third-order valence-corrected chi connectivity index (χ3v) is 3.98. The number of nitrogens with two attached hydrogens (primary N) is 1. The van der Waals surface area contributed by atoms with Gasteiger partial charge in [0.05, 0.1) is 0 Å². The van der Waals surface area contributed by atoms with Crippen LogP contribution in [0.4, 0.5) is 0 Å². The van der Waals surface area contributed by atoms with Gasteiger partial charge < -0.3 is 5.73 Å². The molecule has 1 nitrogen and oxygen atoms in total. The molecule has 0 aromatic rings. The first-order valence-corrected chi connectivity index (χ1v) is 7.60. The maximum Gasteiger partial charge on any atom is 0.0136 e. The molecule has 3 atom stereocenters. The average molecular weight is 251 g/mol. The topological polar surface area (TPSA) is 26.0 Å². The highest BCUT2D eigenvalue weighted by molar-refractivity contribution is 5.06. The van der Waals surface area contributed by atoms with Gasteiger partial charge in [-0.15, -0.1) is 0 Å². The molecule has 106 valence electrons. The van der Waals surface area contributed by atoms with Gasteiger partial charge in [-0.1, -0.05) is 57.9 Å². The van der Waals surface area contributed by atoms with Gasteiger partial charge in [-0.3, -0.25) is 0 Å². The first-order chi connectivity index (χ1) is 8.52. The lowest BCUT2D eigenvalue weighted by Crippen LogP contribution is -2.28. The molecule has 0 aliphatic heterocycles. The molecule has 0 saturated carbocycles. The summed E-state index contributed by atoms with van der Waals surface area (Å²) in [5.41, 5.74) is 7.65. The third kappa shape index (κ3) is 7.71. The maximum atomic E-state index is 6.22. The molecule has 0 bridgehead atoms. The molecule has 0 rings (SSSR count). The van der Waals surface area contributed by atoms with Crippen LogP contribution in [-0.2, 0) is 0 Å². The average Bonchev–Trinajstić information content (AvgIpc) is 2.37. The molecule has 0 aromatic carbocycles. The molecule has 0 fully saturated rings. The zero-order valence-electron chi connectivity index (χ0n) is 13.1. The summed E-state index contributed by atoms with van der Waals surface area (Å²) in [5, 5.41) is 0. The van der Waals surface area contributed by atoms with Crippen LogP contribution in [-0.4, -0.2) is 6.04 Å². The van der Waals surface area contributed by atoms with Gasteiger partial charge in [-0.25, -0.2) is 0 Å². The van der Waals surface area contributed by atoms with E-state index >= 15 is 0 Å². The van der Waals surface area contributed by atoms with Crippen LogP contribution in [0, 0.1) is 11.8 Å². The van der Waals surface area contributed by atoms with Crippen LogP contribution in [0.5, 0.6) is 0 Å². The van der Waals surface area contributed by atoms with Crippen molar-refractivity contribution in [2.24, 2.45) is 17.6 Å². The fraction of sp³-hybridized carbons (Fsp3) is 0.765. The summed E-state index contributed by atoms with van der Waals surface area (Å²) in [6.45, 7) is 11.2. The summed E-state index contributed by atoms with van der Waals surface area (Å²) in [6.07, 6.45) is 12.7. The lowest BCUT2D eigenvalue weighted by atomic mass is 9.92. The largest absolute Gasteiger partial charge is 0.327 e. The first kappa shape index (κ1) is 17.4. The standard InChI is InChI=1S/C17H33N/c1-6-11-15(4)16(5)17(18)13-10-8-9-12-14(3)7-2/h8,10-11,14,16-17H,6-7,9,12-13,18H2,1-5H3/b10-8+,15-11-. The fourth-order valence-electron chi connectivity index (χ4n) is 2.01. The molecular formula is C17H33N. The molecule has 0 radical (unpaired) electrons. The molecule has 0 spiro atoms. The quantitative estimate of drug-likeness (QED) is 0.568. The summed E-state index contributed by atoms with van der Waals surface area (Å²) in [5.74, 6) is 1.33. The number of hydrogen-bond acceptors (Lipinski definition) is 1. The Morgan fingerprint density at radius 2 is 1.83 bits per heavy atom. The van der Waals surface area contributed by atoms with E-state index in [0.717, 1.165) is 18.8 Å². The van der Waals surface area contributed by atoms with Crippen molar-refractivity contribution in [3.63, 3.8) is 0 Å². The van der Waals surface area contributed by atoms with E-state index in [9.17, 15) is 0 Å². The van der Waals surface area contributed by atoms with Crippen molar-refractivity contribution in [2.75, 3.05) is 0 Å². The van der Waals surface area contributed by atoms with Gasteiger partial charge in [0.1, 0.15) is 0 Å². The van der Waals surface area contributed by atoms with E-state index in [0.29, 0.717) is 5.92 Å². The van der Waals surface area contributed by atoms with Crippen LogP contribution in [0.2, 0.25) is 0 Å². The molecule has 0 heterocycles. The van der Waals surface area contributed by atoms with Gasteiger partial charge in [0.2, 0.25) is 0 Å². The molecule has 0 amide bonds. The summed E-state index contributed by atoms with van der Waals surface area (Å²) >= 11 is 0. The number of rotatable bonds is 9. The smallest absolute Gasteiger partial charge is 0.0136 e. The monoisotopic (exact) mass is 251 g/mol. The van der Waals surface area contributed by atoms with Gasteiger partial charge in [0, 0.05) is 6.04 Å². The molecule has 0 aliphatic carbocycles. The Hall–Kier alpha value is -0.560. The fourth-order valence-corrected chi connectivity index (χ4v) is 2.01. The Morgan fingerprint density at radius 3 is 2.39 bits per heavy atom. The highest BCUT2D eigenvalue weighted by Crippen LogP contribution is 2.16. The van der Waals surface area contributed by atoms with E-state index in [-0.39, 0.29) is 6.04 Å². The van der Waals surface area contributed by atoms with Crippen molar-refractivity contribution in [2.45, 2.75) is 72.8 Å². The minimum Gasteiger partial charge on any atom is -0.327 e. The minimum absolute atomic E-state index is 0.257.